The molecule has 0 aromatic carbocycles. The van der Waals surface area contributed by atoms with Gasteiger partial charge in [0.15, 0.2) is 0 Å². The maximum absolute atomic E-state index is 13.3. The second kappa shape index (κ2) is 5.65. The normalized spacial score (nSPS) is 23.7. The monoisotopic (exact) mass is 251 g/mol. The van der Waals surface area contributed by atoms with Crippen molar-refractivity contribution in [1.29, 1.82) is 0 Å². The zero-order valence-corrected chi connectivity index (χ0v) is 11.4. The number of hydrogen-bond donors (Lipinski definition) is 1. The lowest BCUT2D eigenvalue weighted by Gasteiger charge is -2.31. The molecule has 3 nitrogen and oxygen atoms in total. The SMILES string of the molecule is CCC1CCC(C)N1c1ncc(F)cc1CNC. The Morgan fingerprint density at radius 3 is 2.94 bits per heavy atom. The van der Waals surface area contributed by atoms with Crippen LogP contribution in [0.4, 0.5) is 10.2 Å². The van der Waals surface area contributed by atoms with Gasteiger partial charge in [0.25, 0.3) is 0 Å². The molecule has 100 valence electrons. The highest BCUT2D eigenvalue weighted by Gasteiger charge is 2.31. The van der Waals surface area contributed by atoms with Crippen LogP contribution in [0.25, 0.3) is 0 Å². The Morgan fingerprint density at radius 2 is 2.28 bits per heavy atom. The number of halogens is 1. The molecule has 0 spiro atoms. The fourth-order valence-electron chi connectivity index (χ4n) is 2.88. The number of anilines is 1. The van der Waals surface area contributed by atoms with Gasteiger partial charge in [0.1, 0.15) is 11.6 Å². The van der Waals surface area contributed by atoms with Gasteiger partial charge >= 0.3 is 0 Å². The molecule has 1 aromatic heterocycles. The lowest BCUT2D eigenvalue weighted by atomic mass is 10.1. The Hall–Kier alpha value is -1.16. The molecule has 2 unspecified atom stereocenters. The van der Waals surface area contributed by atoms with Gasteiger partial charge in [-0.25, -0.2) is 9.37 Å². The maximum Gasteiger partial charge on any atom is 0.141 e. The van der Waals surface area contributed by atoms with Crippen molar-refractivity contribution < 1.29 is 4.39 Å². The summed E-state index contributed by atoms with van der Waals surface area (Å²) >= 11 is 0. The quantitative estimate of drug-likeness (QED) is 0.891. The van der Waals surface area contributed by atoms with E-state index in [9.17, 15) is 4.39 Å². The van der Waals surface area contributed by atoms with Gasteiger partial charge in [0.05, 0.1) is 6.20 Å². The van der Waals surface area contributed by atoms with E-state index in [1.54, 1.807) is 6.07 Å². The van der Waals surface area contributed by atoms with Crippen LogP contribution < -0.4 is 10.2 Å². The first-order valence-corrected chi connectivity index (χ1v) is 6.74. The highest BCUT2D eigenvalue weighted by atomic mass is 19.1. The minimum atomic E-state index is -0.260. The van der Waals surface area contributed by atoms with Gasteiger partial charge in [-0.1, -0.05) is 6.92 Å². The number of hydrogen-bond acceptors (Lipinski definition) is 3. The third-order valence-electron chi connectivity index (χ3n) is 3.78. The molecule has 1 fully saturated rings. The predicted molar refractivity (Wildman–Crippen MR) is 72.2 cm³/mol. The van der Waals surface area contributed by atoms with Crippen molar-refractivity contribution in [3.63, 3.8) is 0 Å². The summed E-state index contributed by atoms with van der Waals surface area (Å²) < 4.78 is 13.3. The molecule has 0 amide bonds. The molecular formula is C14H22FN3. The van der Waals surface area contributed by atoms with Crippen LogP contribution in [0.3, 0.4) is 0 Å². The molecule has 2 rings (SSSR count). The number of nitrogens with zero attached hydrogens (tertiary/aromatic N) is 2. The average molecular weight is 251 g/mol. The first kappa shape index (κ1) is 13.3. The van der Waals surface area contributed by atoms with Crippen LogP contribution in [0.5, 0.6) is 0 Å². The number of aromatic nitrogens is 1. The Bertz CT molecular complexity index is 408. The van der Waals surface area contributed by atoms with E-state index in [1.807, 2.05) is 7.05 Å². The molecule has 2 heterocycles. The zero-order valence-electron chi connectivity index (χ0n) is 11.4. The van der Waals surface area contributed by atoms with Gasteiger partial charge in [-0.3, -0.25) is 0 Å². The highest BCUT2D eigenvalue weighted by molar-refractivity contribution is 5.50. The van der Waals surface area contributed by atoms with Gasteiger partial charge in [-0.15, -0.1) is 0 Å². The molecule has 1 aliphatic rings. The summed E-state index contributed by atoms with van der Waals surface area (Å²) in [6.07, 6.45) is 4.83. The molecule has 0 saturated carbocycles. The molecule has 18 heavy (non-hydrogen) atoms. The Morgan fingerprint density at radius 1 is 1.50 bits per heavy atom. The lowest BCUT2D eigenvalue weighted by molar-refractivity contribution is 0.597. The van der Waals surface area contributed by atoms with E-state index in [0.717, 1.165) is 17.8 Å². The topological polar surface area (TPSA) is 28.2 Å². The maximum atomic E-state index is 13.3. The lowest BCUT2D eigenvalue weighted by Crippen LogP contribution is -2.36. The van der Waals surface area contributed by atoms with E-state index in [1.165, 1.54) is 19.0 Å². The van der Waals surface area contributed by atoms with Crippen LogP contribution in [0.2, 0.25) is 0 Å². The van der Waals surface area contributed by atoms with E-state index in [-0.39, 0.29) is 5.82 Å². The van der Waals surface area contributed by atoms with E-state index in [2.05, 4.69) is 29.0 Å². The Kier molecular flexibility index (Phi) is 4.17. The van der Waals surface area contributed by atoms with Gasteiger partial charge in [0.2, 0.25) is 0 Å². The van der Waals surface area contributed by atoms with Crippen molar-refractivity contribution in [1.82, 2.24) is 10.3 Å². The van der Waals surface area contributed by atoms with Crippen molar-refractivity contribution in [2.24, 2.45) is 0 Å². The van der Waals surface area contributed by atoms with Crippen LogP contribution in [0.15, 0.2) is 12.3 Å². The van der Waals surface area contributed by atoms with Crippen LogP contribution in [0, 0.1) is 5.82 Å². The van der Waals surface area contributed by atoms with Gasteiger partial charge in [-0.2, -0.15) is 0 Å². The van der Waals surface area contributed by atoms with Crippen LogP contribution in [-0.4, -0.2) is 24.1 Å². The first-order chi connectivity index (χ1) is 8.67. The third kappa shape index (κ3) is 2.48. The summed E-state index contributed by atoms with van der Waals surface area (Å²) in [5.74, 6) is 0.687. The van der Waals surface area contributed by atoms with E-state index in [4.69, 9.17) is 0 Å². The number of rotatable bonds is 4. The van der Waals surface area contributed by atoms with Crippen molar-refractivity contribution in [2.75, 3.05) is 11.9 Å². The fraction of sp³-hybridized carbons (Fsp3) is 0.643. The van der Waals surface area contributed by atoms with Gasteiger partial charge in [-0.05, 0) is 39.3 Å². The average Bonchev–Trinajstić information content (AvgIpc) is 2.71. The minimum absolute atomic E-state index is 0.260. The first-order valence-electron chi connectivity index (χ1n) is 6.74. The zero-order chi connectivity index (χ0) is 13.1. The summed E-state index contributed by atoms with van der Waals surface area (Å²) in [4.78, 5) is 6.71. The molecular weight excluding hydrogens is 229 g/mol. The van der Waals surface area contributed by atoms with Gasteiger partial charge < -0.3 is 10.2 Å². The molecule has 2 atom stereocenters. The molecule has 0 aliphatic carbocycles. The number of nitrogens with one attached hydrogen (secondary N) is 1. The molecule has 1 aliphatic heterocycles. The van der Waals surface area contributed by atoms with Gasteiger partial charge in [0, 0.05) is 24.2 Å². The minimum Gasteiger partial charge on any atom is -0.351 e. The van der Waals surface area contributed by atoms with Crippen LogP contribution in [-0.2, 0) is 6.54 Å². The summed E-state index contributed by atoms with van der Waals surface area (Å²) in [5, 5.41) is 3.09. The fourth-order valence-corrected chi connectivity index (χ4v) is 2.88. The van der Waals surface area contributed by atoms with E-state index >= 15 is 0 Å². The third-order valence-corrected chi connectivity index (χ3v) is 3.78. The standard InChI is InChI=1S/C14H22FN3/c1-4-13-6-5-10(2)18(13)14-11(8-16-3)7-12(15)9-17-14/h7,9-10,13,16H,4-6,8H2,1-3H3. The van der Waals surface area contributed by atoms with Crippen LogP contribution >= 0.6 is 0 Å². The van der Waals surface area contributed by atoms with Crippen molar-refractivity contribution >= 4 is 5.82 Å². The summed E-state index contributed by atoms with van der Waals surface area (Å²) in [7, 11) is 1.87. The molecule has 0 bridgehead atoms. The van der Waals surface area contributed by atoms with E-state index in [0.29, 0.717) is 18.6 Å². The molecule has 4 heteroatoms. The Balaban J connectivity index is 2.36. The second-order valence-electron chi connectivity index (χ2n) is 5.06. The van der Waals surface area contributed by atoms with Crippen molar-refractivity contribution in [3.8, 4) is 0 Å². The molecule has 1 aromatic rings. The van der Waals surface area contributed by atoms with E-state index < -0.39 is 0 Å². The van der Waals surface area contributed by atoms with Crippen LogP contribution in [0.1, 0.15) is 38.7 Å². The molecule has 1 N–H and O–H groups in total. The molecule has 0 radical (unpaired) electrons. The smallest absolute Gasteiger partial charge is 0.141 e. The summed E-state index contributed by atoms with van der Waals surface area (Å²) in [6.45, 7) is 5.08. The summed E-state index contributed by atoms with van der Waals surface area (Å²) in [5.41, 5.74) is 0.949. The predicted octanol–water partition coefficient (Wildman–Crippen LogP) is 2.71. The second-order valence-corrected chi connectivity index (χ2v) is 5.06. The number of pyridine rings is 1. The molecule has 1 saturated heterocycles. The summed E-state index contributed by atoms with van der Waals surface area (Å²) in [6, 6.07) is 2.62. The van der Waals surface area contributed by atoms with Crippen molar-refractivity contribution in [3.05, 3.63) is 23.6 Å². The van der Waals surface area contributed by atoms with Crippen molar-refractivity contribution in [2.45, 2.75) is 51.7 Å². The highest BCUT2D eigenvalue weighted by Crippen LogP contribution is 2.32. The Labute approximate surface area is 108 Å². The largest absolute Gasteiger partial charge is 0.351 e.